The first-order valence-electron chi connectivity index (χ1n) is 5.83. The maximum Gasteiger partial charge on any atom is 0.292 e. The predicted molar refractivity (Wildman–Crippen MR) is 80.3 cm³/mol. The number of anilines is 2. The molecule has 0 heterocycles. The van der Waals surface area contributed by atoms with Gasteiger partial charge < -0.3 is 10.1 Å². The second-order valence-electron chi connectivity index (χ2n) is 4.11. The number of hydrogen-bond acceptors (Lipinski definition) is 4. The van der Waals surface area contributed by atoms with Gasteiger partial charge in [0.2, 0.25) is 0 Å². The summed E-state index contributed by atoms with van der Waals surface area (Å²) in [6.07, 6.45) is 0.887. The molecule has 0 atom stereocenters. The molecule has 0 aliphatic rings. The summed E-state index contributed by atoms with van der Waals surface area (Å²) in [6.45, 7) is 0. The van der Waals surface area contributed by atoms with E-state index >= 15 is 0 Å². The lowest BCUT2D eigenvalue weighted by molar-refractivity contribution is -0.384. The molecule has 102 valence electrons. The van der Waals surface area contributed by atoms with Crippen molar-refractivity contribution in [1.82, 2.24) is 0 Å². The molecule has 0 unspecified atom stereocenters. The van der Waals surface area contributed by atoms with Gasteiger partial charge in [0.1, 0.15) is 12.0 Å². The molecule has 0 aliphatic carbocycles. The number of nitrogens with one attached hydrogen (secondary N) is 1. The first kappa shape index (κ1) is 14.2. The van der Waals surface area contributed by atoms with Crippen LogP contribution in [0, 0.1) is 10.1 Å². The number of carbonyl (C=O) groups excluding carboxylic acids is 1. The number of halogens is 1. The molecule has 1 N–H and O–H groups in total. The lowest BCUT2D eigenvalue weighted by Gasteiger charge is -2.08. The van der Waals surface area contributed by atoms with Gasteiger partial charge in [-0.3, -0.25) is 10.1 Å². The van der Waals surface area contributed by atoms with Crippen LogP contribution in [0.15, 0.2) is 46.9 Å². The average Bonchev–Trinajstić information content (AvgIpc) is 2.40. The Morgan fingerprint density at radius 3 is 2.70 bits per heavy atom. The highest BCUT2D eigenvalue weighted by molar-refractivity contribution is 9.10. The van der Waals surface area contributed by atoms with Crippen LogP contribution in [-0.2, 0) is 11.2 Å². The van der Waals surface area contributed by atoms with Crippen molar-refractivity contribution in [1.29, 1.82) is 0 Å². The normalized spacial score (nSPS) is 10.1. The fraction of sp³-hybridized carbons (Fsp3) is 0.0714. The third kappa shape index (κ3) is 3.42. The minimum Gasteiger partial charge on any atom is -0.350 e. The zero-order valence-corrected chi connectivity index (χ0v) is 12.0. The zero-order chi connectivity index (χ0) is 14.5. The van der Waals surface area contributed by atoms with E-state index < -0.39 is 4.92 Å². The topological polar surface area (TPSA) is 72.2 Å². The third-order valence-corrected chi connectivity index (χ3v) is 3.17. The predicted octanol–water partition coefficient (Wildman–Crippen LogP) is 3.84. The van der Waals surface area contributed by atoms with E-state index in [0.29, 0.717) is 11.3 Å². The van der Waals surface area contributed by atoms with E-state index in [2.05, 4.69) is 21.2 Å². The molecular weight excluding hydrogens is 324 g/mol. The number of rotatable bonds is 5. The molecule has 0 fully saturated rings. The number of aldehydes is 1. The first-order chi connectivity index (χ1) is 9.60. The smallest absolute Gasteiger partial charge is 0.292 e. The highest BCUT2D eigenvalue weighted by Crippen LogP contribution is 2.29. The monoisotopic (exact) mass is 334 g/mol. The summed E-state index contributed by atoms with van der Waals surface area (Å²) in [5, 5.41) is 14.1. The molecule has 20 heavy (non-hydrogen) atoms. The van der Waals surface area contributed by atoms with E-state index in [1.54, 1.807) is 12.1 Å². The third-order valence-electron chi connectivity index (χ3n) is 2.68. The Bertz CT molecular complexity index is 659. The number of hydrogen-bond donors (Lipinski definition) is 1. The minimum atomic E-state index is -0.464. The average molecular weight is 335 g/mol. The summed E-state index contributed by atoms with van der Waals surface area (Å²) in [5.74, 6) is 0. The second kappa shape index (κ2) is 6.29. The van der Waals surface area contributed by atoms with Gasteiger partial charge in [-0.15, -0.1) is 0 Å². The lowest BCUT2D eigenvalue weighted by atomic mass is 10.1. The van der Waals surface area contributed by atoms with Crippen molar-refractivity contribution >= 4 is 39.3 Å². The molecule has 0 saturated heterocycles. The van der Waals surface area contributed by atoms with Gasteiger partial charge in [0.15, 0.2) is 0 Å². The molecule has 0 amide bonds. The van der Waals surface area contributed by atoms with E-state index in [1.165, 1.54) is 6.07 Å². The van der Waals surface area contributed by atoms with Gasteiger partial charge in [0.25, 0.3) is 5.69 Å². The molecule has 2 aromatic carbocycles. The fourth-order valence-corrected chi connectivity index (χ4v) is 2.18. The molecule has 0 spiro atoms. The van der Waals surface area contributed by atoms with Crippen LogP contribution in [0.1, 0.15) is 5.56 Å². The quantitative estimate of drug-likeness (QED) is 0.512. The van der Waals surface area contributed by atoms with Gasteiger partial charge in [-0.25, -0.2) is 0 Å². The Balaban J connectivity index is 2.35. The van der Waals surface area contributed by atoms with Crippen molar-refractivity contribution in [2.75, 3.05) is 5.32 Å². The number of nitro benzene ring substituents is 1. The van der Waals surface area contributed by atoms with Gasteiger partial charge in [0, 0.05) is 22.6 Å². The Hall–Kier alpha value is -2.21. The van der Waals surface area contributed by atoms with Crippen molar-refractivity contribution in [3.63, 3.8) is 0 Å². The first-order valence-corrected chi connectivity index (χ1v) is 6.63. The van der Waals surface area contributed by atoms with Gasteiger partial charge in [-0.1, -0.05) is 28.1 Å². The number of nitro groups is 1. The number of benzene rings is 2. The molecule has 5 nitrogen and oxygen atoms in total. The maximum absolute atomic E-state index is 11.1. The summed E-state index contributed by atoms with van der Waals surface area (Å²) < 4.78 is 0.878. The summed E-state index contributed by atoms with van der Waals surface area (Å²) in [7, 11) is 0. The van der Waals surface area contributed by atoms with Crippen LogP contribution in [-0.4, -0.2) is 11.2 Å². The van der Waals surface area contributed by atoms with Crippen molar-refractivity contribution in [3.8, 4) is 0 Å². The van der Waals surface area contributed by atoms with E-state index in [9.17, 15) is 14.9 Å². The largest absolute Gasteiger partial charge is 0.350 e. The van der Waals surface area contributed by atoms with Gasteiger partial charge in [-0.05, 0) is 29.8 Å². The fourth-order valence-electron chi connectivity index (χ4n) is 1.78. The van der Waals surface area contributed by atoms with Crippen molar-refractivity contribution < 1.29 is 9.72 Å². The van der Waals surface area contributed by atoms with Crippen LogP contribution in [0.4, 0.5) is 17.1 Å². The summed E-state index contributed by atoms with van der Waals surface area (Å²) in [6, 6.07) is 12.1. The lowest BCUT2D eigenvalue weighted by Crippen LogP contribution is -1.98. The molecular formula is C14H11BrN2O3. The van der Waals surface area contributed by atoms with Crippen molar-refractivity contribution in [3.05, 3.63) is 62.6 Å². The Kier molecular flexibility index (Phi) is 4.47. The van der Waals surface area contributed by atoms with Crippen LogP contribution in [0.5, 0.6) is 0 Å². The van der Waals surface area contributed by atoms with E-state index in [0.717, 1.165) is 16.4 Å². The summed E-state index contributed by atoms with van der Waals surface area (Å²) in [4.78, 5) is 21.1. The standard InChI is InChI=1S/C14H11BrN2O3/c15-11-2-1-3-12(9-11)16-13-5-4-10(6-7-18)8-14(13)17(19)20/h1-5,7-9,16H,6H2. The molecule has 2 rings (SSSR count). The molecule has 0 aliphatic heterocycles. The molecule has 0 radical (unpaired) electrons. The Labute approximate surface area is 123 Å². The molecule has 2 aromatic rings. The van der Waals surface area contributed by atoms with Crippen LogP contribution in [0.2, 0.25) is 0 Å². The second-order valence-corrected chi connectivity index (χ2v) is 5.03. The van der Waals surface area contributed by atoms with Gasteiger partial charge in [-0.2, -0.15) is 0 Å². The molecule has 0 bridgehead atoms. The van der Waals surface area contributed by atoms with Crippen molar-refractivity contribution in [2.45, 2.75) is 6.42 Å². The van der Waals surface area contributed by atoms with Crippen LogP contribution >= 0.6 is 15.9 Å². The van der Waals surface area contributed by atoms with E-state index in [4.69, 9.17) is 0 Å². The van der Waals surface area contributed by atoms with Crippen LogP contribution in [0.25, 0.3) is 0 Å². The van der Waals surface area contributed by atoms with Gasteiger partial charge in [0.05, 0.1) is 4.92 Å². The van der Waals surface area contributed by atoms with Gasteiger partial charge >= 0.3 is 0 Å². The van der Waals surface area contributed by atoms with Crippen LogP contribution in [0.3, 0.4) is 0 Å². The maximum atomic E-state index is 11.1. The molecule has 6 heteroatoms. The van der Waals surface area contributed by atoms with E-state index in [-0.39, 0.29) is 12.1 Å². The highest BCUT2D eigenvalue weighted by Gasteiger charge is 2.14. The Morgan fingerprint density at radius 2 is 2.05 bits per heavy atom. The zero-order valence-electron chi connectivity index (χ0n) is 10.4. The number of nitrogens with zero attached hydrogens (tertiary/aromatic N) is 1. The van der Waals surface area contributed by atoms with E-state index in [1.807, 2.05) is 24.3 Å². The highest BCUT2D eigenvalue weighted by atomic mass is 79.9. The number of carbonyl (C=O) groups is 1. The van der Waals surface area contributed by atoms with Crippen LogP contribution < -0.4 is 5.32 Å². The molecule has 0 saturated carbocycles. The Morgan fingerprint density at radius 1 is 1.25 bits per heavy atom. The summed E-state index contributed by atoms with van der Waals surface area (Å²) in [5.41, 5.74) is 1.70. The SMILES string of the molecule is O=CCc1ccc(Nc2cccc(Br)c2)c([N+](=O)[O-])c1. The molecule has 0 aromatic heterocycles. The summed E-state index contributed by atoms with van der Waals surface area (Å²) >= 11 is 3.34. The minimum absolute atomic E-state index is 0.0516. The van der Waals surface area contributed by atoms with Crippen molar-refractivity contribution in [2.24, 2.45) is 0 Å².